The molecule has 1 amide bonds. The van der Waals surface area contributed by atoms with Crippen molar-refractivity contribution in [2.75, 3.05) is 6.61 Å². The number of hydrogen-bond acceptors (Lipinski definition) is 3. The Labute approximate surface area is 128 Å². The van der Waals surface area contributed by atoms with E-state index in [1.165, 1.54) is 4.90 Å². The van der Waals surface area contributed by atoms with E-state index in [2.05, 4.69) is 0 Å². The highest BCUT2D eigenvalue weighted by Crippen LogP contribution is 2.15. The van der Waals surface area contributed by atoms with Gasteiger partial charge in [0, 0.05) is 6.54 Å². The van der Waals surface area contributed by atoms with Crippen LogP contribution in [0, 0.1) is 0 Å². The average molecular weight is 318 g/mol. The summed E-state index contributed by atoms with van der Waals surface area (Å²) in [5.74, 6) is -0.997. The van der Waals surface area contributed by atoms with E-state index in [-0.39, 0.29) is 13.2 Å². The molecule has 0 saturated heterocycles. The summed E-state index contributed by atoms with van der Waals surface area (Å²) in [5.41, 5.74) is 0.881. The fourth-order valence-corrected chi connectivity index (χ4v) is 1.95. The molecule has 1 rings (SSSR count). The number of benzene rings is 1. The largest absolute Gasteiger partial charge is 0.464 e. The van der Waals surface area contributed by atoms with Crippen LogP contribution in [0.2, 0.25) is 0 Å². The summed E-state index contributed by atoms with van der Waals surface area (Å²) in [7, 11) is 0. The lowest BCUT2D eigenvalue weighted by atomic mass is 10.2. The van der Waals surface area contributed by atoms with Crippen LogP contribution >= 0.6 is 23.2 Å². The predicted octanol–water partition coefficient (Wildman–Crippen LogP) is 2.77. The van der Waals surface area contributed by atoms with Gasteiger partial charge in [0.25, 0.3) is 5.91 Å². The van der Waals surface area contributed by atoms with Gasteiger partial charge < -0.3 is 9.64 Å². The minimum atomic E-state index is -1.21. The standard InChI is InChI=1S/C14H17Cl2NO3/c1-3-20-14(19)10(2)17(13(18)12(15)16)9-11-7-5-4-6-8-11/h4-8,10,12H,3,9H2,1-2H3. The lowest BCUT2D eigenvalue weighted by Crippen LogP contribution is -2.45. The molecule has 110 valence electrons. The van der Waals surface area contributed by atoms with Crippen LogP contribution in [0.25, 0.3) is 0 Å². The molecule has 0 aliphatic carbocycles. The predicted molar refractivity (Wildman–Crippen MR) is 78.6 cm³/mol. The van der Waals surface area contributed by atoms with E-state index >= 15 is 0 Å². The number of nitrogens with zero attached hydrogens (tertiary/aromatic N) is 1. The van der Waals surface area contributed by atoms with Crippen LogP contribution in [0.4, 0.5) is 0 Å². The maximum absolute atomic E-state index is 12.1. The molecular formula is C14H17Cl2NO3. The summed E-state index contributed by atoms with van der Waals surface area (Å²) < 4.78 is 4.93. The first-order valence-corrected chi connectivity index (χ1v) is 7.13. The zero-order chi connectivity index (χ0) is 15.1. The Kier molecular flexibility index (Phi) is 6.82. The van der Waals surface area contributed by atoms with Crippen LogP contribution in [-0.4, -0.2) is 34.3 Å². The zero-order valence-corrected chi connectivity index (χ0v) is 12.9. The number of alkyl halides is 2. The second kappa shape index (κ2) is 8.12. The van der Waals surface area contributed by atoms with Crippen molar-refractivity contribution < 1.29 is 14.3 Å². The number of amides is 1. The van der Waals surface area contributed by atoms with Crippen molar-refractivity contribution in [3.63, 3.8) is 0 Å². The topological polar surface area (TPSA) is 46.6 Å². The second-order valence-corrected chi connectivity index (χ2v) is 5.28. The van der Waals surface area contributed by atoms with Crippen LogP contribution in [-0.2, 0) is 20.9 Å². The highest BCUT2D eigenvalue weighted by Gasteiger charge is 2.30. The van der Waals surface area contributed by atoms with E-state index in [1.807, 2.05) is 30.3 Å². The first-order chi connectivity index (χ1) is 9.47. The lowest BCUT2D eigenvalue weighted by Gasteiger charge is -2.28. The van der Waals surface area contributed by atoms with Gasteiger partial charge in [0.2, 0.25) is 0 Å². The molecule has 1 unspecified atom stereocenters. The smallest absolute Gasteiger partial charge is 0.328 e. The summed E-state index contributed by atoms with van der Waals surface area (Å²) in [6, 6.07) is 8.54. The second-order valence-electron chi connectivity index (χ2n) is 4.18. The Morgan fingerprint density at radius 2 is 1.85 bits per heavy atom. The summed E-state index contributed by atoms with van der Waals surface area (Å²) in [6.45, 7) is 3.80. The Hall–Kier alpha value is -1.26. The SMILES string of the molecule is CCOC(=O)C(C)N(Cc1ccccc1)C(=O)C(Cl)Cl. The van der Waals surface area contributed by atoms with Crippen LogP contribution in [0.5, 0.6) is 0 Å². The number of carbonyl (C=O) groups excluding carboxylic acids is 2. The van der Waals surface area contributed by atoms with Crippen molar-refractivity contribution >= 4 is 35.1 Å². The van der Waals surface area contributed by atoms with Crippen LogP contribution in [0.15, 0.2) is 30.3 Å². The van der Waals surface area contributed by atoms with Crippen LogP contribution in [0.3, 0.4) is 0 Å². The molecule has 1 aromatic rings. The molecule has 1 atom stereocenters. The van der Waals surface area contributed by atoms with E-state index in [4.69, 9.17) is 27.9 Å². The van der Waals surface area contributed by atoms with Crippen molar-refractivity contribution in [3.8, 4) is 0 Å². The van der Waals surface area contributed by atoms with E-state index in [1.54, 1.807) is 13.8 Å². The van der Waals surface area contributed by atoms with Crippen LogP contribution in [0.1, 0.15) is 19.4 Å². The number of esters is 1. The molecule has 0 fully saturated rings. The molecule has 0 radical (unpaired) electrons. The van der Waals surface area contributed by atoms with E-state index in [9.17, 15) is 9.59 Å². The molecule has 6 heteroatoms. The number of rotatable bonds is 6. The normalized spacial score (nSPS) is 12.1. The van der Waals surface area contributed by atoms with E-state index < -0.39 is 22.8 Å². The highest BCUT2D eigenvalue weighted by atomic mass is 35.5. The van der Waals surface area contributed by atoms with Crippen LogP contribution < -0.4 is 0 Å². The molecule has 1 aromatic carbocycles. The van der Waals surface area contributed by atoms with Gasteiger partial charge in [0.15, 0.2) is 4.84 Å². The minimum Gasteiger partial charge on any atom is -0.464 e. The summed E-state index contributed by atoms with van der Waals surface area (Å²) in [4.78, 5) is 24.0. The molecule has 0 heterocycles. The molecule has 4 nitrogen and oxygen atoms in total. The monoisotopic (exact) mass is 317 g/mol. The lowest BCUT2D eigenvalue weighted by molar-refractivity contribution is -0.154. The maximum Gasteiger partial charge on any atom is 0.328 e. The number of carbonyl (C=O) groups is 2. The van der Waals surface area contributed by atoms with Crippen molar-refractivity contribution in [2.24, 2.45) is 0 Å². The van der Waals surface area contributed by atoms with Gasteiger partial charge >= 0.3 is 5.97 Å². The summed E-state index contributed by atoms with van der Waals surface area (Å²) in [5, 5.41) is 0. The molecule has 0 saturated carbocycles. The van der Waals surface area contributed by atoms with Crippen molar-refractivity contribution in [3.05, 3.63) is 35.9 Å². The van der Waals surface area contributed by atoms with Gasteiger partial charge in [-0.2, -0.15) is 0 Å². The molecule has 20 heavy (non-hydrogen) atoms. The number of hydrogen-bond donors (Lipinski definition) is 0. The minimum absolute atomic E-state index is 0.246. The third-order valence-corrected chi connectivity index (χ3v) is 3.13. The van der Waals surface area contributed by atoms with Crippen molar-refractivity contribution in [1.29, 1.82) is 0 Å². The van der Waals surface area contributed by atoms with Crippen molar-refractivity contribution in [2.45, 2.75) is 31.3 Å². The Balaban J connectivity index is 2.91. The van der Waals surface area contributed by atoms with Gasteiger partial charge in [-0.25, -0.2) is 4.79 Å². The fourth-order valence-electron chi connectivity index (χ4n) is 1.70. The molecule has 0 N–H and O–H groups in total. The quantitative estimate of drug-likeness (QED) is 0.598. The number of ether oxygens (including phenoxy) is 1. The third kappa shape index (κ3) is 4.69. The van der Waals surface area contributed by atoms with E-state index in [0.29, 0.717) is 0 Å². The first-order valence-electron chi connectivity index (χ1n) is 6.26. The Morgan fingerprint density at radius 1 is 1.25 bits per heavy atom. The van der Waals surface area contributed by atoms with Gasteiger partial charge in [-0.05, 0) is 19.4 Å². The van der Waals surface area contributed by atoms with Gasteiger partial charge in [0.05, 0.1) is 6.61 Å². The molecular weight excluding hydrogens is 301 g/mol. The maximum atomic E-state index is 12.1. The van der Waals surface area contributed by atoms with E-state index in [0.717, 1.165) is 5.56 Å². The summed E-state index contributed by atoms with van der Waals surface area (Å²) in [6.07, 6.45) is 0. The molecule has 0 aliphatic rings. The zero-order valence-electron chi connectivity index (χ0n) is 11.4. The third-order valence-electron chi connectivity index (χ3n) is 2.76. The molecule has 0 aromatic heterocycles. The van der Waals surface area contributed by atoms with Gasteiger partial charge in [-0.1, -0.05) is 53.5 Å². The van der Waals surface area contributed by atoms with Gasteiger partial charge in [-0.15, -0.1) is 0 Å². The van der Waals surface area contributed by atoms with Gasteiger partial charge in [-0.3, -0.25) is 4.79 Å². The average Bonchev–Trinajstić information content (AvgIpc) is 2.44. The number of halogens is 2. The van der Waals surface area contributed by atoms with Crippen molar-refractivity contribution in [1.82, 2.24) is 4.90 Å². The Bertz CT molecular complexity index is 451. The highest BCUT2D eigenvalue weighted by molar-refractivity contribution is 6.53. The molecule has 0 aliphatic heterocycles. The van der Waals surface area contributed by atoms with Gasteiger partial charge in [0.1, 0.15) is 6.04 Å². The fraction of sp³-hybridized carbons (Fsp3) is 0.429. The Morgan fingerprint density at radius 3 is 2.35 bits per heavy atom. The summed E-state index contributed by atoms with van der Waals surface area (Å²) >= 11 is 11.3. The molecule has 0 spiro atoms. The first kappa shape index (κ1) is 16.8. The molecule has 0 bridgehead atoms.